The predicted octanol–water partition coefficient (Wildman–Crippen LogP) is 15.9. The zero-order valence-corrected chi connectivity index (χ0v) is 37.5. The molecule has 0 N–H and O–H groups in total. The molecule has 4 unspecified atom stereocenters. The second kappa shape index (κ2) is 12.5. The molecule has 3 heterocycles. The Kier molecular flexibility index (Phi) is 7.23. The Balaban J connectivity index is 1.09. The van der Waals surface area contributed by atoms with E-state index in [0.29, 0.717) is 0 Å². The molecule has 0 amide bonds. The van der Waals surface area contributed by atoms with Crippen molar-refractivity contribution in [2.24, 2.45) is 0 Å². The van der Waals surface area contributed by atoms with Gasteiger partial charge < -0.3 is 14.5 Å². The second-order valence-electron chi connectivity index (χ2n) is 20.9. The van der Waals surface area contributed by atoms with Crippen LogP contribution in [-0.4, -0.2) is 11.1 Å². The van der Waals surface area contributed by atoms with E-state index in [2.05, 4.69) is 195 Å². The van der Waals surface area contributed by atoms with Crippen molar-refractivity contribution >= 4 is 44.3 Å². The van der Waals surface area contributed by atoms with E-state index in [1.165, 1.54) is 134 Å². The number of nitrogens with zero attached hydrogens (tertiary/aromatic N) is 2. The lowest BCUT2D eigenvalue weighted by Gasteiger charge is -2.50. The van der Waals surface area contributed by atoms with Crippen molar-refractivity contribution in [3.05, 3.63) is 191 Å². The maximum Gasteiger partial charge on any atom is 0.132 e. The molecule has 3 aliphatic carbocycles. The number of anilines is 4. The number of rotatable bonds is 2. The summed E-state index contributed by atoms with van der Waals surface area (Å²) in [6.07, 6.45) is 9.81. The van der Waals surface area contributed by atoms with Gasteiger partial charge in [0.05, 0.1) is 16.5 Å². The summed E-state index contributed by atoms with van der Waals surface area (Å²) in [7, 11) is 0. The van der Waals surface area contributed by atoms with Gasteiger partial charge in [0.25, 0.3) is 0 Å². The van der Waals surface area contributed by atoms with Gasteiger partial charge in [-0.05, 0) is 143 Å². The summed E-state index contributed by atoms with van der Waals surface area (Å²) < 4.78 is 6.94. The third kappa shape index (κ3) is 4.22. The van der Waals surface area contributed by atoms with Gasteiger partial charge in [-0.15, -0.1) is 0 Å². The van der Waals surface area contributed by atoms with Crippen molar-refractivity contribution in [2.45, 2.75) is 106 Å². The molecular weight excluding hydrogens is 777 g/mol. The van der Waals surface area contributed by atoms with Gasteiger partial charge in [-0.2, -0.15) is 0 Å². The van der Waals surface area contributed by atoms with E-state index in [0.717, 1.165) is 17.9 Å². The van der Waals surface area contributed by atoms with Crippen LogP contribution < -0.4 is 14.5 Å². The van der Waals surface area contributed by atoms with Crippen molar-refractivity contribution in [3.8, 4) is 22.6 Å². The lowest BCUT2D eigenvalue weighted by Crippen LogP contribution is -2.54. The molecule has 2 saturated carbocycles. The lowest BCUT2D eigenvalue weighted by molar-refractivity contribution is 0.195. The molecule has 3 aliphatic heterocycles. The van der Waals surface area contributed by atoms with E-state index >= 15 is 0 Å². The summed E-state index contributed by atoms with van der Waals surface area (Å²) >= 11 is 0. The van der Waals surface area contributed by atoms with E-state index in [1.54, 1.807) is 0 Å². The molecule has 64 heavy (non-hydrogen) atoms. The Morgan fingerprint density at radius 2 is 0.891 bits per heavy atom. The first-order chi connectivity index (χ1) is 31.2. The third-order valence-corrected chi connectivity index (χ3v) is 18.4. The van der Waals surface area contributed by atoms with Crippen molar-refractivity contribution in [1.29, 1.82) is 0 Å². The van der Waals surface area contributed by atoms with Crippen LogP contribution in [0.4, 0.5) is 22.7 Å². The smallest absolute Gasteiger partial charge is 0.132 e. The molecular formula is C61H54N2O. The molecule has 2 fully saturated rings. The molecule has 6 aliphatic rings. The van der Waals surface area contributed by atoms with Crippen LogP contribution in [-0.2, 0) is 16.2 Å². The average molecular weight is 831 g/mol. The fourth-order valence-electron chi connectivity index (χ4n) is 15.1. The fourth-order valence-corrected chi connectivity index (χ4v) is 15.1. The lowest BCUT2D eigenvalue weighted by atomic mass is 9.61. The van der Waals surface area contributed by atoms with Crippen LogP contribution in [0.5, 0.6) is 11.5 Å². The van der Waals surface area contributed by atoms with Crippen molar-refractivity contribution in [3.63, 3.8) is 0 Å². The monoisotopic (exact) mass is 830 g/mol. The Labute approximate surface area is 377 Å². The summed E-state index contributed by atoms with van der Waals surface area (Å²) in [5, 5.41) is 5.24. The average Bonchev–Trinajstić information content (AvgIpc) is 3.83. The zero-order chi connectivity index (χ0) is 42.8. The molecule has 14 rings (SSSR count). The molecule has 8 aromatic rings. The van der Waals surface area contributed by atoms with Gasteiger partial charge >= 0.3 is 0 Å². The van der Waals surface area contributed by atoms with Gasteiger partial charge in [0.2, 0.25) is 0 Å². The van der Waals surface area contributed by atoms with E-state index in [4.69, 9.17) is 4.74 Å². The number of hydrogen-bond donors (Lipinski definition) is 0. The third-order valence-electron chi connectivity index (χ3n) is 18.4. The zero-order valence-electron chi connectivity index (χ0n) is 37.5. The van der Waals surface area contributed by atoms with Crippen LogP contribution in [0.25, 0.3) is 32.7 Å². The van der Waals surface area contributed by atoms with Crippen LogP contribution in [0.3, 0.4) is 0 Å². The maximum absolute atomic E-state index is 6.94. The van der Waals surface area contributed by atoms with Crippen molar-refractivity contribution in [1.82, 2.24) is 0 Å². The van der Waals surface area contributed by atoms with Crippen molar-refractivity contribution < 1.29 is 4.74 Å². The minimum absolute atomic E-state index is 0.0270. The highest BCUT2D eigenvalue weighted by atomic mass is 16.5. The maximum atomic E-state index is 6.94. The van der Waals surface area contributed by atoms with Gasteiger partial charge in [-0.25, -0.2) is 0 Å². The first kappa shape index (κ1) is 37.1. The Morgan fingerprint density at radius 1 is 0.406 bits per heavy atom. The number of para-hydroxylation sites is 4. The highest BCUT2D eigenvalue weighted by molar-refractivity contribution is 6.20. The first-order valence-corrected chi connectivity index (χ1v) is 24.0. The first-order valence-electron chi connectivity index (χ1n) is 24.0. The number of fused-ring (bicyclic) bond motifs is 20. The van der Waals surface area contributed by atoms with Crippen LogP contribution in [0.1, 0.15) is 112 Å². The summed E-state index contributed by atoms with van der Waals surface area (Å²) in [5.74, 6) is 1.86. The Bertz CT molecular complexity index is 3280. The van der Waals surface area contributed by atoms with Crippen molar-refractivity contribution in [2.75, 3.05) is 9.80 Å². The van der Waals surface area contributed by atoms with Crippen LogP contribution in [0, 0.1) is 0 Å². The summed E-state index contributed by atoms with van der Waals surface area (Å²) in [5.41, 5.74) is 15.5. The standard InChI is InChI=1S/C61H54N2O/c1-57-33-15-17-35-59(57,3)62(51-25-11-7-21-46(51)57)39-29-31-43-45(37-39)41-19-5-6-20-42(41)55-44-32-30-40(63-52-26-12-8-22-47(52)58(2)34-16-18-36-60(58,63)4)38-50(44)61(56(43)55)48-23-9-13-27-53(48)64-54-28-14-10-24-49(54)61/h5-14,19-32,37-38H,15-18,33-36H2,1-4H3. The molecule has 8 aromatic carbocycles. The normalized spacial score (nSPS) is 26.4. The molecule has 314 valence electrons. The minimum Gasteiger partial charge on any atom is -0.457 e. The molecule has 0 saturated heterocycles. The van der Waals surface area contributed by atoms with E-state index in [1.807, 2.05) is 0 Å². The summed E-state index contributed by atoms with van der Waals surface area (Å²) in [4.78, 5) is 5.50. The van der Waals surface area contributed by atoms with Gasteiger partial charge in [0.15, 0.2) is 0 Å². The Morgan fingerprint density at radius 3 is 1.50 bits per heavy atom. The van der Waals surface area contributed by atoms with E-state index < -0.39 is 5.41 Å². The fraction of sp³-hybridized carbons (Fsp3) is 0.279. The molecule has 1 spiro atoms. The molecule has 0 bridgehead atoms. The predicted molar refractivity (Wildman–Crippen MR) is 264 cm³/mol. The molecule has 4 atom stereocenters. The quantitative estimate of drug-likeness (QED) is 0.161. The number of benzene rings is 8. The topological polar surface area (TPSA) is 15.7 Å². The largest absolute Gasteiger partial charge is 0.457 e. The van der Waals surface area contributed by atoms with Gasteiger partial charge in [-0.3, -0.25) is 0 Å². The second-order valence-corrected chi connectivity index (χ2v) is 20.9. The highest BCUT2D eigenvalue weighted by Crippen LogP contribution is 2.68. The van der Waals surface area contributed by atoms with Gasteiger partial charge in [0, 0.05) is 44.7 Å². The van der Waals surface area contributed by atoms with Gasteiger partial charge in [0.1, 0.15) is 11.5 Å². The summed E-state index contributed by atoms with van der Waals surface area (Å²) in [6, 6.07) is 60.7. The van der Waals surface area contributed by atoms with E-state index in [-0.39, 0.29) is 21.9 Å². The highest BCUT2D eigenvalue weighted by Gasteiger charge is 2.60. The van der Waals surface area contributed by atoms with Crippen LogP contribution >= 0.6 is 0 Å². The SMILES string of the molecule is CC12CCCCC1(C)N(c1ccc3c(c1)C1(c4ccccc4Oc4ccccc41)c1c-3c3ccccc3c3cc(N4c5ccccc5C5(C)CCCCC45C)ccc13)c1ccccc12. The van der Waals surface area contributed by atoms with Gasteiger partial charge in [-0.1, -0.05) is 149 Å². The molecule has 3 nitrogen and oxygen atoms in total. The molecule has 3 heteroatoms. The Hall–Kier alpha value is -6.32. The van der Waals surface area contributed by atoms with Crippen LogP contribution in [0.2, 0.25) is 0 Å². The minimum atomic E-state index is -0.639. The number of ether oxygens (including phenoxy) is 1. The summed E-state index contributed by atoms with van der Waals surface area (Å²) in [6.45, 7) is 10.2. The van der Waals surface area contributed by atoms with E-state index in [9.17, 15) is 0 Å². The van der Waals surface area contributed by atoms with Crippen LogP contribution in [0.15, 0.2) is 158 Å². The molecule has 0 aromatic heterocycles. The number of hydrogen-bond acceptors (Lipinski definition) is 3. The molecule has 0 radical (unpaired) electrons.